The first-order chi connectivity index (χ1) is 4.17. The van der Waals surface area contributed by atoms with E-state index < -0.39 is 0 Å². The lowest BCUT2D eigenvalue weighted by molar-refractivity contribution is 0.324. The lowest BCUT2D eigenvalue weighted by Gasteiger charge is -1.89. The van der Waals surface area contributed by atoms with Crippen LogP contribution in [0.1, 0.15) is 27.2 Å². The molecule has 0 N–H and O–H groups in total. The summed E-state index contributed by atoms with van der Waals surface area (Å²) in [6.45, 7) is 6.29. The fourth-order valence-electron chi connectivity index (χ4n) is 0.924. The van der Waals surface area contributed by atoms with Crippen molar-refractivity contribution in [3.05, 3.63) is 12.2 Å². The van der Waals surface area contributed by atoms with Gasteiger partial charge in [0.05, 0.1) is 11.7 Å². The van der Waals surface area contributed by atoms with E-state index >= 15 is 0 Å². The molecule has 1 saturated heterocycles. The Labute approximate surface area is 56.7 Å². The van der Waals surface area contributed by atoms with Crippen molar-refractivity contribution in [1.82, 2.24) is 0 Å². The SMILES string of the molecule is C/C=C/CC1OC1(C)C. The maximum absolute atomic E-state index is 5.36. The molecule has 1 unspecified atom stereocenters. The van der Waals surface area contributed by atoms with Gasteiger partial charge < -0.3 is 4.74 Å². The molecule has 1 rings (SSSR count). The maximum atomic E-state index is 5.36. The van der Waals surface area contributed by atoms with Gasteiger partial charge in [0.2, 0.25) is 0 Å². The Morgan fingerprint density at radius 2 is 2.11 bits per heavy atom. The molecule has 0 bridgehead atoms. The maximum Gasteiger partial charge on any atom is 0.0902 e. The first-order valence-corrected chi connectivity index (χ1v) is 3.46. The van der Waals surface area contributed by atoms with Crippen LogP contribution in [0, 0.1) is 0 Å². The van der Waals surface area contributed by atoms with Gasteiger partial charge in [0.1, 0.15) is 0 Å². The molecule has 0 aliphatic carbocycles. The van der Waals surface area contributed by atoms with Crippen LogP contribution in [0.5, 0.6) is 0 Å². The zero-order valence-electron chi connectivity index (χ0n) is 6.35. The van der Waals surface area contributed by atoms with E-state index in [-0.39, 0.29) is 5.60 Å². The molecular formula is C8H14O. The van der Waals surface area contributed by atoms with Crippen LogP contribution in [0.2, 0.25) is 0 Å². The van der Waals surface area contributed by atoms with Crippen molar-refractivity contribution >= 4 is 0 Å². The zero-order chi connectivity index (χ0) is 6.91. The summed E-state index contributed by atoms with van der Waals surface area (Å²) in [4.78, 5) is 0. The third-order valence-corrected chi connectivity index (χ3v) is 1.75. The molecule has 0 aromatic heterocycles. The number of ether oxygens (including phenoxy) is 1. The normalized spacial score (nSPS) is 31.2. The van der Waals surface area contributed by atoms with Gasteiger partial charge in [-0.15, -0.1) is 0 Å². The van der Waals surface area contributed by atoms with E-state index in [0.717, 1.165) is 6.42 Å². The summed E-state index contributed by atoms with van der Waals surface area (Å²) in [5.41, 5.74) is 0.166. The van der Waals surface area contributed by atoms with Crippen molar-refractivity contribution in [3.8, 4) is 0 Å². The molecule has 0 saturated carbocycles. The Hall–Kier alpha value is -0.300. The Balaban J connectivity index is 2.20. The highest BCUT2D eigenvalue weighted by molar-refractivity contribution is 4.99. The summed E-state index contributed by atoms with van der Waals surface area (Å²) < 4.78 is 5.36. The second kappa shape index (κ2) is 2.14. The molecular weight excluding hydrogens is 112 g/mol. The number of hydrogen-bond acceptors (Lipinski definition) is 1. The Morgan fingerprint density at radius 1 is 1.56 bits per heavy atom. The Kier molecular flexibility index (Phi) is 1.62. The van der Waals surface area contributed by atoms with Crippen molar-refractivity contribution in [1.29, 1.82) is 0 Å². The van der Waals surface area contributed by atoms with E-state index in [1.165, 1.54) is 0 Å². The quantitative estimate of drug-likeness (QED) is 0.408. The van der Waals surface area contributed by atoms with Gasteiger partial charge in [-0.05, 0) is 27.2 Å². The van der Waals surface area contributed by atoms with E-state index in [0.29, 0.717) is 6.10 Å². The second-order valence-corrected chi connectivity index (χ2v) is 3.01. The van der Waals surface area contributed by atoms with Crippen LogP contribution >= 0.6 is 0 Å². The smallest absolute Gasteiger partial charge is 0.0902 e. The molecule has 52 valence electrons. The highest BCUT2D eigenvalue weighted by atomic mass is 16.6. The number of allylic oxidation sites excluding steroid dienone is 1. The highest BCUT2D eigenvalue weighted by Crippen LogP contribution is 2.37. The molecule has 1 aliphatic rings. The molecule has 1 nitrogen and oxygen atoms in total. The summed E-state index contributed by atoms with van der Waals surface area (Å²) in [5.74, 6) is 0. The molecule has 9 heavy (non-hydrogen) atoms. The van der Waals surface area contributed by atoms with Crippen LogP contribution in [0.25, 0.3) is 0 Å². The van der Waals surface area contributed by atoms with Gasteiger partial charge in [-0.2, -0.15) is 0 Å². The van der Waals surface area contributed by atoms with Crippen molar-refractivity contribution in [2.45, 2.75) is 38.9 Å². The summed E-state index contributed by atoms with van der Waals surface area (Å²) in [6, 6.07) is 0. The van der Waals surface area contributed by atoms with Gasteiger partial charge in [0.15, 0.2) is 0 Å². The van der Waals surface area contributed by atoms with Crippen molar-refractivity contribution in [2.75, 3.05) is 0 Å². The van der Waals surface area contributed by atoms with Gasteiger partial charge in [-0.25, -0.2) is 0 Å². The lowest BCUT2D eigenvalue weighted by Crippen LogP contribution is -2.00. The average molecular weight is 126 g/mol. The van der Waals surface area contributed by atoms with E-state index in [1.807, 2.05) is 6.92 Å². The van der Waals surface area contributed by atoms with Gasteiger partial charge >= 0.3 is 0 Å². The zero-order valence-corrected chi connectivity index (χ0v) is 6.35. The van der Waals surface area contributed by atoms with Crippen molar-refractivity contribution < 1.29 is 4.74 Å². The summed E-state index contributed by atoms with van der Waals surface area (Å²) >= 11 is 0. The molecule has 1 fully saturated rings. The molecule has 0 aromatic carbocycles. The minimum absolute atomic E-state index is 0.166. The third kappa shape index (κ3) is 1.55. The minimum atomic E-state index is 0.166. The first-order valence-electron chi connectivity index (χ1n) is 3.46. The molecule has 1 aliphatic heterocycles. The molecule has 0 spiro atoms. The summed E-state index contributed by atoms with van der Waals surface area (Å²) in [7, 11) is 0. The predicted molar refractivity (Wildman–Crippen MR) is 38.4 cm³/mol. The lowest BCUT2D eigenvalue weighted by atomic mass is 10.1. The Bertz CT molecular complexity index is 125. The van der Waals surface area contributed by atoms with Crippen LogP contribution in [-0.4, -0.2) is 11.7 Å². The topological polar surface area (TPSA) is 12.5 Å². The monoisotopic (exact) mass is 126 g/mol. The predicted octanol–water partition coefficient (Wildman–Crippen LogP) is 2.13. The number of rotatable bonds is 2. The van der Waals surface area contributed by atoms with E-state index in [1.54, 1.807) is 0 Å². The van der Waals surface area contributed by atoms with Gasteiger partial charge in [-0.1, -0.05) is 12.2 Å². The molecule has 0 aromatic rings. The first kappa shape index (κ1) is 6.81. The van der Waals surface area contributed by atoms with E-state index in [2.05, 4.69) is 26.0 Å². The fraction of sp³-hybridized carbons (Fsp3) is 0.750. The third-order valence-electron chi connectivity index (χ3n) is 1.75. The average Bonchev–Trinajstić information content (AvgIpc) is 2.35. The minimum Gasteiger partial charge on any atom is -0.366 e. The van der Waals surface area contributed by atoms with Crippen LogP contribution in [-0.2, 0) is 4.74 Å². The fourth-order valence-corrected chi connectivity index (χ4v) is 0.924. The van der Waals surface area contributed by atoms with Crippen LogP contribution < -0.4 is 0 Å². The van der Waals surface area contributed by atoms with Gasteiger partial charge in [-0.3, -0.25) is 0 Å². The van der Waals surface area contributed by atoms with Gasteiger partial charge in [0, 0.05) is 0 Å². The number of hydrogen-bond donors (Lipinski definition) is 0. The van der Waals surface area contributed by atoms with E-state index in [9.17, 15) is 0 Å². The molecule has 1 atom stereocenters. The standard InChI is InChI=1S/C8H14O/c1-4-5-6-7-8(2,3)9-7/h4-5,7H,6H2,1-3H3/b5-4+. The summed E-state index contributed by atoms with van der Waals surface area (Å²) in [5, 5.41) is 0. The van der Waals surface area contributed by atoms with Crippen LogP contribution in [0.4, 0.5) is 0 Å². The summed E-state index contributed by atoms with van der Waals surface area (Å²) in [6.07, 6.45) is 5.77. The molecule has 0 amide bonds. The van der Waals surface area contributed by atoms with E-state index in [4.69, 9.17) is 4.74 Å². The largest absolute Gasteiger partial charge is 0.366 e. The van der Waals surface area contributed by atoms with Gasteiger partial charge in [0.25, 0.3) is 0 Å². The highest BCUT2D eigenvalue weighted by Gasteiger charge is 2.46. The van der Waals surface area contributed by atoms with Crippen LogP contribution in [0.15, 0.2) is 12.2 Å². The molecule has 0 radical (unpaired) electrons. The molecule has 1 heterocycles. The van der Waals surface area contributed by atoms with Crippen LogP contribution in [0.3, 0.4) is 0 Å². The van der Waals surface area contributed by atoms with Crippen molar-refractivity contribution in [2.24, 2.45) is 0 Å². The number of epoxide rings is 1. The molecule has 1 heteroatoms. The Morgan fingerprint density at radius 3 is 2.44 bits per heavy atom. The van der Waals surface area contributed by atoms with Crippen molar-refractivity contribution in [3.63, 3.8) is 0 Å². The second-order valence-electron chi connectivity index (χ2n) is 3.01.